The Labute approximate surface area is 90.0 Å². The smallest absolute Gasteiger partial charge is 0.327 e. The Kier molecular flexibility index (Phi) is 4.69. The highest BCUT2D eigenvalue weighted by molar-refractivity contribution is 7.98. The maximum absolute atomic E-state index is 10.6. The summed E-state index contributed by atoms with van der Waals surface area (Å²) < 4.78 is 4.62. The standard InChI is InChI=1S/C8H10N2O4S/c11-5-9-7(8(12)13)4-15-3-6-1-10-14-2-6/h1-2,5,7H,3-4H2,(H,9,11)(H,12,13). The number of nitrogens with zero attached hydrogens (tertiary/aromatic N) is 1. The topological polar surface area (TPSA) is 92.4 Å². The van der Waals surface area contributed by atoms with Gasteiger partial charge in [0.25, 0.3) is 0 Å². The summed E-state index contributed by atoms with van der Waals surface area (Å²) in [5, 5.41) is 14.4. The van der Waals surface area contributed by atoms with Gasteiger partial charge in [-0.25, -0.2) is 4.79 Å². The number of thioether (sulfide) groups is 1. The molecule has 0 bridgehead atoms. The summed E-state index contributed by atoms with van der Waals surface area (Å²) in [4.78, 5) is 20.7. The predicted molar refractivity (Wildman–Crippen MR) is 53.3 cm³/mol. The van der Waals surface area contributed by atoms with Gasteiger partial charge in [-0.2, -0.15) is 11.8 Å². The number of hydrogen-bond donors (Lipinski definition) is 2. The lowest BCUT2D eigenvalue weighted by Gasteiger charge is -2.09. The van der Waals surface area contributed by atoms with Crippen molar-refractivity contribution < 1.29 is 19.2 Å². The maximum atomic E-state index is 10.6. The number of carbonyl (C=O) groups excluding carboxylic acids is 1. The minimum Gasteiger partial charge on any atom is -0.480 e. The molecule has 0 spiro atoms. The van der Waals surface area contributed by atoms with E-state index in [4.69, 9.17) is 5.11 Å². The Morgan fingerprint density at radius 3 is 3.13 bits per heavy atom. The normalized spacial score (nSPS) is 12.0. The fraction of sp³-hybridized carbons (Fsp3) is 0.375. The molecule has 0 aliphatic carbocycles. The molecule has 0 aliphatic heterocycles. The van der Waals surface area contributed by atoms with Crippen LogP contribution in [0.2, 0.25) is 0 Å². The number of amides is 1. The molecule has 1 rings (SSSR count). The first-order valence-electron chi connectivity index (χ1n) is 4.12. The number of carboxylic acids is 1. The number of carboxylic acid groups (broad SMARTS) is 1. The highest BCUT2D eigenvalue weighted by Gasteiger charge is 2.15. The molecule has 0 aliphatic rings. The zero-order valence-corrected chi connectivity index (χ0v) is 8.57. The number of aromatic nitrogens is 1. The molecule has 82 valence electrons. The summed E-state index contributed by atoms with van der Waals surface area (Å²) in [6.45, 7) is 0. The van der Waals surface area contributed by atoms with E-state index in [1.807, 2.05) is 0 Å². The average Bonchev–Trinajstić information content (AvgIpc) is 2.69. The molecule has 1 amide bonds. The molecule has 1 aromatic heterocycles. The van der Waals surface area contributed by atoms with Crippen LogP contribution in [0.25, 0.3) is 0 Å². The van der Waals surface area contributed by atoms with Gasteiger partial charge >= 0.3 is 5.97 Å². The van der Waals surface area contributed by atoms with Gasteiger partial charge in [-0.1, -0.05) is 5.16 Å². The first-order valence-corrected chi connectivity index (χ1v) is 5.28. The maximum Gasteiger partial charge on any atom is 0.327 e. The van der Waals surface area contributed by atoms with Crippen LogP contribution in [-0.2, 0) is 15.3 Å². The fourth-order valence-corrected chi connectivity index (χ4v) is 1.84. The van der Waals surface area contributed by atoms with Crippen LogP contribution in [0.1, 0.15) is 5.56 Å². The third-order valence-electron chi connectivity index (χ3n) is 1.60. The molecule has 0 aromatic carbocycles. The molecule has 6 nitrogen and oxygen atoms in total. The summed E-state index contributed by atoms with van der Waals surface area (Å²) in [6.07, 6.45) is 3.45. The number of rotatable bonds is 7. The number of nitrogens with one attached hydrogen (secondary N) is 1. The Balaban J connectivity index is 2.28. The molecule has 7 heteroatoms. The fourth-order valence-electron chi connectivity index (χ4n) is 0.865. The van der Waals surface area contributed by atoms with Crippen molar-refractivity contribution in [3.8, 4) is 0 Å². The van der Waals surface area contributed by atoms with Crippen molar-refractivity contribution in [2.75, 3.05) is 5.75 Å². The average molecular weight is 230 g/mol. The van der Waals surface area contributed by atoms with Crippen LogP contribution in [0, 0.1) is 0 Å². The van der Waals surface area contributed by atoms with E-state index in [0.29, 0.717) is 17.9 Å². The van der Waals surface area contributed by atoms with E-state index in [0.717, 1.165) is 5.56 Å². The highest BCUT2D eigenvalue weighted by atomic mass is 32.2. The van der Waals surface area contributed by atoms with Crippen LogP contribution in [0.4, 0.5) is 0 Å². The van der Waals surface area contributed by atoms with Gasteiger partial charge in [-0.15, -0.1) is 0 Å². The second-order valence-electron chi connectivity index (χ2n) is 2.72. The second kappa shape index (κ2) is 6.07. The lowest BCUT2D eigenvalue weighted by Crippen LogP contribution is -2.37. The van der Waals surface area contributed by atoms with Gasteiger partial charge in [0.15, 0.2) is 0 Å². The number of hydrogen-bond acceptors (Lipinski definition) is 5. The van der Waals surface area contributed by atoms with Gasteiger partial charge < -0.3 is 14.9 Å². The van der Waals surface area contributed by atoms with Crippen molar-refractivity contribution in [3.05, 3.63) is 18.0 Å². The van der Waals surface area contributed by atoms with Crippen molar-refractivity contribution in [2.45, 2.75) is 11.8 Å². The number of aliphatic carboxylic acids is 1. The predicted octanol–water partition coefficient (Wildman–Crippen LogP) is 0.107. The quantitative estimate of drug-likeness (QED) is 0.646. The van der Waals surface area contributed by atoms with Gasteiger partial charge in [0.2, 0.25) is 6.41 Å². The van der Waals surface area contributed by atoms with E-state index in [1.54, 1.807) is 6.20 Å². The van der Waals surface area contributed by atoms with Crippen molar-refractivity contribution in [3.63, 3.8) is 0 Å². The van der Waals surface area contributed by atoms with E-state index in [-0.39, 0.29) is 0 Å². The molecular weight excluding hydrogens is 220 g/mol. The molecule has 1 atom stereocenters. The molecular formula is C8H10N2O4S. The zero-order valence-electron chi connectivity index (χ0n) is 7.75. The third-order valence-corrected chi connectivity index (χ3v) is 2.71. The van der Waals surface area contributed by atoms with Crippen LogP contribution in [0.3, 0.4) is 0 Å². The molecule has 0 saturated carbocycles. The molecule has 0 fully saturated rings. The van der Waals surface area contributed by atoms with Gasteiger partial charge in [0.05, 0.1) is 6.20 Å². The van der Waals surface area contributed by atoms with E-state index in [1.165, 1.54) is 18.0 Å². The molecule has 15 heavy (non-hydrogen) atoms. The van der Waals surface area contributed by atoms with Crippen LogP contribution in [0.15, 0.2) is 17.0 Å². The largest absolute Gasteiger partial charge is 0.480 e. The summed E-state index contributed by atoms with van der Waals surface area (Å²) in [5.74, 6) is -0.132. The minimum absolute atomic E-state index is 0.305. The molecule has 1 heterocycles. The van der Waals surface area contributed by atoms with Crippen molar-refractivity contribution in [1.29, 1.82) is 0 Å². The van der Waals surface area contributed by atoms with Gasteiger partial charge in [0.1, 0.15) is 12.3 Å². The summed E-state index contributed by atoms with van der Waals surface area (Å²) in [6, 6.07) is -0.854. The van der Waals surface area contributed by atoms with Gasteiger partial charge in [-0.05, 0) is 0 Å². The Morgan fingerprint density at radius 1 is 1.80 bits per heavy atom. The molecule has 0 radical (unpaired) electrons. The lowest BCUT2D eigenvalue weighted by molar-refractivity contribution is -0.139. The van der Waals surface area contributed by atoms with E-state index in [9.17, 15) is 9.59 Å². The van der Waals surface area contributed by atoms with Crippen molar-refractivity contribution >= 4 is 24.1 Å². The minimum atomic E-state index is -1.04. The Hall–Kier alpha value is -1.50. The van der Waals surface area contributed by atoms with Crippen molar-refractivity contribution in [1.82, 2.24) is 10.5 Å². The third kappa shape index (κ3) is 4.03. The van der Waals surface area contributed by atoms with E-state index >= 15 is 0 Å². The summed E-state index contributed by atoms with van der Waals surface area (Å²) >= 11 is 1.39. The van der Waals surface area contributed by atoms with E-state index < -0.39 is 12.0 Å². The Bertz CT molecular complexity index is 314. The first-order chi connectivity index (χ1) is 7.24. The summed E-state index contributed by atoms with van der Waals surface area (Å²) in [5.41, 5.74) is 0.884. The molecule has 0 saturated heterocycles. The molecule has 1 unspecified atom stereocenters. The lowest BCUT2D eigenvalue weighted by atomic mass is 10.3. The van der Waals surface area contributed by atoms with Crippen LogP contribution in [-0.4, -0.2) is 34.4 Å². The van der Waals surface area contributed by atoms with Gasteiger partial charge in [0, 0.05) is 17.1 Å². The zero-order chi connectivity index (χ0) is 11.1. The van der Waals surface area contributed by atoms with Crippen LogP contribution >= 0.6 is 11.8 Å². The van der Waals surface area contributed by atoms with Crippen molar-refractivity contribution in [2.24, 2.45) is 0 Å². The van der Waals surface area contributed by atoms with E-state index in [2.05, 4.69) is 15.0 Å². The second-order valence-corrected chi connectivity index (χ2v) is 3.75. The molecule has 2 N–H and O–H groups in total. The van der Waals surface area contributed by atoms with Gasteiger partial charge in [-0.3, -0.25) is 4.79 Å². The Morgan fingerprint density at radius 2 is 2.60 bits per heavy atom. The summed E-state index contributed by atoms with van der Waals surface area (Å²) in [7, 11) is 0. The SMILES string of the molecule is O=CNC(CSCc1cnoc1)C(=O)O. The van der Waals surface area contributed by atoms with Crippen LogP contribution in [0.5, 0.6) is 0 Å². The monoisotopic (exact) mass is 230 g/mol. The molecule has 1 aromatic rings. The first kappa shape index (κ1) is 11.6. The van der Waals surface area contributed by atoms with Crippen LogP contribution < -0.4 is 5.32 Å². The highest BCUT2D eigenvalue weighted by Crippen LogP contribution is 2.12. The number of carbonyl (C=O) groups is 2.